The maximum atomic E-state index is 10.7. The molecular weight excluding hydrogens is 166 g/mol. The highest BCUT2D eigenvalue weighted by Gasteiger charge is 2.03. The predicted octanol–water partition coefficient (Wildman–Crippen LogP) is 0.985. The van der Waals surface area contributed by atoms with Crippen LogP contribution in [0.3, 0.4) is 0 Å². The maximum Gasteiger partial charge on any atom is 0.245 e. The second-order valence-corrected chi connectivity index (χ2v) is 3.37. The first-order valence-electron chi connectivity index (χ1n) is 4.88. The van der Waals surface area contributed by atoms with Crippen LogP contribution < -0.4 is 5.32 Å². The monoisotopic (exact) mass is 183 g/mol. The second kappa shape index (κ2) is 5.75. The van der Waals surface area contributed by atoms with Crippen molar-refractivity contribution in [3.05, 3.63) is 11.6 Å². The molecule has 2 N–H and O–H groups in total. The fraction of sp³-hybridized carbons (Fsp3) is 0.700. The molecule has 3 heteroatoms. The Morgan fingerprint density at radius 2 is 2.38 bits per heavy atom. The van der Waals surface area contributed by atoms with Crippen molar-refractivity contribution >= 4 is 5.91 Å². The minimum Gasteiger partial charge on any atom is -0.387 e. The van der Waals surface area contributed by atoms with Crippen molar-refractivity contribution in [1.29, 1.82) is 0 Å². The summed E-state index contributed by atoms with van der Waals surface area (Å²) in [6, 6.07) is 0. The average Bonchev–Trinajstić information content (AvgIpc) is 2.19. The zero-order valence-corrected chi connectivity index (χ0v) is 7.88. The van der Waals surface area contributed by atoms with Gasteiger partial charge in [-0.05, 0) is 32.1 Å². The fourth-order valence-corrected chi connectivity index (χ4v) is 1.55. The smallest absolute Gasteiger partial charge is 0.245 e. The Balaban J connectivity index is 2.11. The molecule has 0 heterocycles. The molecule has 1 amide bonds. The quantitative estimate of drug-likeness (QED) is 0.638. The molecule has 0 spiro atoms. The van der Waals surface area contributed by atoms with Gasteiger partial charge in [0, 0.05) is 6.54 Å². The van der Waals surface area contributed by atoms with Crippen molar-refractivity contribution in [1.82, 2.24) is 5.32 Å². The molecule has 0 aromatic carbocycles. The number of rotatable bonds is 4. The summed E-state index contributed by atoms with van der Waals surface area (Å²) in [5, 5.41) is 11.1. The molecule has 0 aromatic heterocycles. The summed E-state index contributed by atoms with van der Waals surface area (Å²) in [5.74, 6) is -0.281. The van der Waals surface area contributed by atoms with E-state index in [9.17, 15) is 4.79 Å². The highest BCUT2D eigenvalue weighted by atomic mass is 16.3. The average molecular weight is 183 g/mol. The van der Waals surface area contributed by atoms with Crippen LogP contribution in [0, 0.1) is 0 Å². The van der Waals surface area contributed by atoms with Crippen LogP contribution in [0.15, 0.2) is 11.6 Å². The topological polar surface area (TPSA) is 49.3 Å². The first-order valence-corrected chi connectivity index (χ1v) is 4.88. The SMILES string of the molecule is O=C(CO)NCCC1=CCCCC1. The zero-order valence-electron chi connectivity index (χ0n) is 7.88. The normalized spacial score (nSPS) is 16.5. The Morgan fingerprint density at radius 3 is 3.00 bits per heavy atom. The van der Waals surface area contributed by atoms with Gasteiger partial charge in [0.25, 0.3) is 0 Å². The van der Waals surface area contributed by atoms with Crippen molar-refractivity contribution in [2.75, 3.05) is 13.2 Å². The predicted molar refractivity (Wildman–Crippen MR) is 51.3 cm³/mol. The van der Waals surface area contributed by atoms with Crippen LogP contribution in [0.5, 0.6) is 0 Å². The first kappa shape index (κ1) is 10.3. The molecule has 0 saturated heterocycles. The summed E-state index contributed by atoms with van der Waals surface area (Å²) in [7, 11) is 0. The van der Waals surface area contributed by atoms with Gasteiger partial charge in [0.1, 0.15) is 6.61 Å². The number of carbonyl (C=O) groups excluding carboxylic acids is 1. The van der Waals surface area contributed by atoms with E-state index in [1.54, 1.807) is 0 Å². The summed E-state index contributed by atoms with van der Waals surface area (Å²) >= 11 is 0. The Labute approximate surface area is 78.8 Å². The van der Waals surface area contributed by atoms with E-state index >= 15 is 0 Å². The van der Waals surface area contributed by atoms with Gasteiger partial charge in [-0.25, -0.2) is 0 Å². The molecule has 74 valence electrons. The van der Waals surface area contributed by atoms with Gasteiger partial charge in [-0.15, -0.1) is 0 Å². The largest absolute Gasteiger partial charge is 0.387 e. The number of nitrogens with one attached hydrogen (secondary N) is 1. The molecule has 1 aliphatic carbocycles. The number of hydrogen-bond donors (Lipinski definition) is 2. The molecule has 0 fully saturated rings. The number of amides is 1. The van der Waals surface area contributed by atoms with Gasteiger partial charge < -0.3 is 10.4 Å². The van der Waals surface area contributed by atoms with E-state index in [1.165, 1.54) is 31.3 Å². The van der Waals surface area contributed by atoms with Gasteiger partial charge in [-0.1, -0.05) is 11.6 Å². The van der Waals surface area contributed by atoms with Crippen LogP contribution in [0.25, 0.3) is 0 Å². The third-order valence-electron chi connectivity index (χ3n) is 2.30. The molecule has 1 rings (SSSR count). The van der Waals surface area contributed by atoms with Crippen LogP contribution in [0.4, 0.5) is 0 Å². The van der Waals surface area contributed by atoms with Gasteiger partial charge in [0.05, 0.1) is 0 Å². The highest BCUT2D eigenvalue weighted by Crippen LogP contribution is 2.19. The van der Waals surface area contributed by atoms with Crippen molar-refractivity contribution in [2.24, 2.45) is 0 Å². The summed E-state index contributed by atoms with van der Waals surface area (Å²) in [4.78, 5) is 10.7. The number of aliphatic hydroxyl groups excluding tert-OH is 1. The summed E-state index contributed by atoms with van der Waals surface area (Å²) < 4.78 is 0. The lowest BCUT2D eigenvalue weighted by molar-refractivity contribution is -0.123. The van der Waals surface area contributed by atoms with Crippen LogP contribution in [0.2, 0.25) is 0 Å². The molecule has 0 radical (unpaired) electrons. The van der Waals surface area contributed by atoms with Crippen molar-refractivity contribution < 1.29 is 9.90 Å². The molecule has 0 aliphatic heterocycles. The van der Waals surface area contributed by atoms with Crippen molar-refractivity contribution in [2.45, 2.75) is 32.1 Å². The lowest BCUT2D eigenvalue weighted by Gasteiger charge is -2.12. The fourth-order valence-electron chi connectivity index (χ4n) is 1.55. The van der Waals surface area contributed by atoms with Gasteiger partial charge in [0.15, 0.2) is 0 Å². The van der Waals surface area contributed by atoms with Crippen LogP contribution in [-0.4, -0.2) is 24.2 Å². The summed E-state index contributed by atoms with van der Waals surface area (Å²) in [6.45, 7) is 0.254. The number of carbonyl (C=O) groups is 1. The van der Waals surface area contributed by atoms with E-state index in [0.29, 0.717) is 6.54 Å². The van der Waals surface area contributed by atoms with Gasteiger partial charge >= 0.3 is 0 Å². The number of allylic oxidation sites excluding steroid dienone is 1. The lowest BCUT2D eigenvalue weighted by Crippen LogP contribution is -2.27. The second-order valence-electron chi connectivity index (χ2n) is 3.37. The molecule has 0 bridgehead atoms. The molecule has 0 atom stereocenters. The van der Waals surface area contributed by atoms with Gasteiger partial charge in [-0.3, -0.25) is 4.79 Å². The van der Waals surface area contributed by atoms with Crippen LogP contribution in [-0.2, 0) is 4.79 Å². The van der Waals surface area contributed by atoms with E-state index in [2.05, 4.69) is 11.4 Å². The van der Waals surface area contributed by atoms with E-state index in [1.807, 2.05) is 0 Å². The molecular formula is C10H17NO2. The Hall–Kier alpha value is -0.830. The summed E-state index contributed by atoms with van der Waals surface area (Å²) in [5.41, 5.74) is 1.45. The maximum absolute atomic E-state index is 10.7. The first-order chi connectivity index (χ1) is 6.33. The minimum absolute atomic E-state index is 0.281. The lowest BCUT2D eigenvalue weighted by atomic mass is 9.97. The van der Waals surface area contributed by atoms with Gasteiger partial charge in [0.2, 0.25) is 5.91 Å². The molecule has 0 aromatic rings. The molecule has 1 aliphatic rings. The standard InChI is InChI=1S/C10H17NO2/c12-8-10(13)11-7-6-9-4-2-1-3-5-9/h4,12H,1-3,5-8H2,(H,11,13). The van der Waals surface area contributed by atoms with Crippen molar-refractivity contribution in [3.63, 3.8) is 0 Å². The van der Waals surface area contributed by atoms with E-state index in [0.717, 1.165) is 6.42 Å². The highest BCUT2D eigenvalue weighted by molar-refractivity contribution is 5.76. The summed E-state index contributed by atoms with van der Waals surface area (Å²) in [6.07, 6.45) is 8.14. The molecule has 0 unspecified atom stereocenters. The van der Waals surface area contributed by atoms with Crippen molar-refractivity contribution in [3.8, 4) is 0 Å². The minimum atomic E-state index is -0.404. The van der Waals surface area contributed by atoms with Gasteiger partial charge in [-0.2, -0.15) is 0 Å². The van der Waals surface area contributed by atoms with Crippen LogP contribution >= 0.6 is 0 Å². The third kappa shape index (κ3) is 4.08. The number of hydrogen-bond acceptors (Lipinski definition) is 2. The van der Waals surface area contributed by atoms with Crippen LogP contribution in [0.1, 0.15) is 32.1 Å². The Bertz CT molecular complexity index is 199. The van der Waals surface area contributed by atoms with E-state index in [-0.39, 0.29) is 5.91 Å². The Morgan fingerprint density at radius 1 is 1.54 bits per heavy atom. The Kier molecular flexibility index (Phi) is 4.54. The zero-order chi connectivity index (χ0) is 9.52. The van der Waals surface area contributed by atoms with E-state index in [4.69, 9.17) is 5.11 Å². The third-order valence-corrected chi connectivity index (χ3v) is 2.30. The molecule has 3 nitrogen and oxygen atoms in total. The van der Waals surface area contributed by atoms with E-state index < -0.39 is 6.61 Å². The number of aliphatic hydroxyl groups is 1. The molecule has 13 heavy (non-hydrogen) atoms. The molecule has 0 saturated carbocycles.